The van der Waals surface area contributed by atoms with Gasteiger partial charge in [0.2, 0.25) is 0 Å². The molecule has 10 nitrogen and oxygen atoms in total. The van der Waals surface area contributed by atoms with E-state index in [4.69, 9.17) is 14.2 Å². The number of aliphatic carboxylic acids is 1. The quantitative estimate of drug-likeness (QED) is 0.0589. The fraction of sp³-hybridized carbons (Fsp3) is 0.939. The number of aliphatic hydroxyl groups excluding tert-OH is 1. The van der Waals surface area contributed by atoms with Crippen LogP contribution in [0, 0.1) is 0 Å². The number of unbranched alkanes of at least 4 members (excludes halogenated alkanes) is 22. The van der Waals surface area contributed by atoms with Gasteiger partial charge in [0.1, 0.15) is 12.1 Å². The molecule has 1 rings (SSSR count). The molecule has 1 heterocycles. The van der Waals surface area contributed by atoms with Crippen LogP contribution in [0.3, 0.4) is 0 Å². The van der Waals surface area contributed by atoms with Gasteiger partial charge in [-0.3, -0.25) is 4.90 Å². The van der Waals surface area contributed by atoms with Crippen molar-refractivity contribution in [3.8, 4) is 0 Å². The van der Waals surface area contributed by atoms with E-state index in [2.05, 4.69) is 27.7 Å². The van der Waals surface area contributed by atoms with E-state index in [1.807, 2.05) is 11.8 Å². The molecule has 2 N–H and O–H groups in total. The maximum absolute atomic E-state index is 14.6. The molecule has 6 atom stereocenters. The standard InChI is InChI=1S/C49H94N2O8/c1-7-12-14-16-18-20-22-24-26-28-30-32-35-41(9-3)50(42(10-4)36-33-31-29-27-25-23-21-19-17-15-13-8-2)49(56)59-45-37-34-40-58-46(45)51(48(55)57-6)44(47(53)54)39-38-43(52)11-5/h41-46,52H,7-40H2,1-6H3,(H,53,54)/t41?,42?,43?,44?,45-,46-/m1/s1. The molecule has 0 aliphatic carbocycles. The molecule has 1 aliphatic rings. The topological polar surface area (TPSA) is 126 Å². The second-order valence-electron chi connectivity index (χ2n) is 17.6. The molecule has 1 aliphatic heterocycles. The van der Waals surface area contributed by atoms with Gasteiger partial charge in [-0.25, -0.2) is 14.4 Å². The first-order valence-corrected chi connectivity index (χ1v) is 25.1. The van der Waals surface area contributed by atoms with E-state index >= 15 is 0 Å². The number of amides is 2. The predicted octanol–water partition coefficient (Wildman–Crippen LogP) is 13.7. The normalized spacial score (nSPS) is 17.5. The van der Waals surface area contributed by atoms with Gasteiger partial charge < -0.3 is 29.3 Å². The molecule has 348 valence electrons. The molecule has 0 bridgehead atoms. The van der Waals surface area contributed by atoms with E-state index in [-0.39, 0.29) is 24.9 Å². The van der Waals surface area contributed by atoms with E-state index in [1.165, 1.54) is 136 Å². The van der Waals surface area contributed by atoms with Crippen molar-refractivity contribution in [1.29, 1.82) is 0 Å². The van der Waals surface area contributed by atoms with Gasteiger partial charge in [-0.05, 0) is 57.8 Å². The molecule has 59 heavy (non-hydrogen) atoms. The fourth-order valence-electron chi connectivity index (χ4n) is 8.87. The lowest BCUT2D eigenvalue weighted by Crippen LogP contribution is -2.59. The largest absolute Gasteiger partial charge is 0.480 e. The fourth-order valence-corrected chi connectivity index (χ4v) is 8.87. The smallest absolute Gasteiger partial charge is 0.412 e. The number of carbonyl (C=O) groups excluding carboxylic acids is 2. The number of methoxy groups -OCH3 is 1. The van der Waals surface area contributed by atoms with Crippen LogP contribution in [0.5, 0.6) is 0 Å². The number of ether oxygens (including phenoxy) is 3. The van der Waals surface area contributed by atoms with Gasteiger partial charge in [0.25, 0.3) is 0 Å². The van der Waals surface area contributed by atoms with Crippen LogP contribution in [0.2, 0.25) is 0 Å². The summed E-state index contributed by atoms with van der Waals surface area (Å²) in [5.41, 5.74) is 0. The minimum Gasteiger partial charge on any atom is -0.480 e. The van der Waals surface area contributed by atoms with Crippen molar-refractivity contribution in [2.75, 3.05) is 13.7 Å². The number of nitrogens with zero attached hydrogens (tertiary/aromatic N) is 2. The van der Waals surface area contributed by atoms with Gasteiger partial charge in [0, 0.05) is 18.7 Å². The van der Waals surface area contributed by atoms with Crippen molar-refractivity contribution in [2.45, 2.75) is 283 Å². The molecule has 1 saturated heterocycles. The lowest BCUT2D eigenvalue weighted by Gasteiger charge is -2.43. The summed E-state index contributed by atoms with van der Waals surface area (Å²) in [4.78, 5) is 43.6. The third-order valence-corrected chi connectivity index (χ3v) is 12.7. The maximum atomic E-state index is 14.6. The van der Waals surface area contributed by atoms with Gasteiger partial charge in [0.15, 0.2) is 6.23 Å². The molecule has 10 heteroatoms. The summed E-state index contributed by atoms with van der Waals surface area (Å²) in [6.45, 7) is 11.0. The van der Waals surface area contributed by atoms with Gasteiger partial charge in [-0.1, -0.05) is 189 Å². The van der Waals surface area contributed by atoms with Gasteiger partial charge in [-0.15, -0.1) is 0 Å². The van der Waals surface area contributed by atoms with Gasteiger partial charge in [-0.2, -0.15) is 0 Å². The lowest BCUT2D eigenvalue weighted by molar-refractivity contribution is -0.172. The summed E-state index contributed by atoms with van der Waals surface area (Å²) in [7, 11) is 1.21. The monoisotopic (exact) mass is 839 g/mol. The van der Waals surface area contributed by atoms with Crippen LogP contribution in [0.15, 0.2) is 0 Å². The second-order valence-corrected chi connectivity index (χ2v) is 17.6. The van der Waals surface area contributed by atoms with Crippen LogP contribution >= 0.6 is 0 Å². The Morgan fingerprint density at radius 3 is 1.39 bits per heavy atom. The molecule has 1 fully saturated rings. The van der Waals surface area contributed by atoms with Crippen LogP contribution in [0.1, 0.15) is 247 Å². The van der Waals surface area contributed by atoms with Crippen molar-refractivity contribution in [3.63, 3.8) is 0 Å². The van der Waals surface area contributed by atoms with Crippen LogP contribution in [0.4, 0.5) is 9.59 Å². The second kappa shape index (κ2) is 36.6. The number of hydrogen-bond donors (Lipinski definition) is 2. The minimum atomic E-state index is -1.31. The first kappa shape index (κ1) is 54.9. The summed E-state index contributed by atoms with van der Waals surface area (Å²) in [6.07, 6.45) is 32.1. The van der Waals surface area contributed by atoms with Crippen LogP contribution in [-0.4, -0.2) is 88.4 Å². The Kier molecular flexibility index (Phi) is 34.1. The molecule has 4 unspecified atom stereocenters. The third-order valence-electron chi connectivity index (χ3n) is 12.7. The van der Waals surface area contributed by atoms with Crippen LogP contribution in [0.25, 0.3) is 0 Å². The average molecular weight is 839 g/mol. The molecule has 0 aromatic rings. The zero-order valence-electron chi connectivity index (χ0n) is 39.2. The molecular weight excluding hydrogens is 745 g/mol. The Labute approximate surface area is 362 Å². The highest BCUT2D eigenvalue weighted by molar-refractivity contribution is 5.80. The highest BCUT2D eigenvalue weighted by Crippen LogP contribution is 2.29. The summed E-state index contributed by atoms with van der Waals surface area (Å²) in [6, 6.07) is -1.27. The predicted molar refractivity (Wildman–Crippen MR) is 242 cm³/mol. The number of carboxylic acids is 1. The van der Waals surface area contributed by atoms with E-state index in [0.29, 0.717) is 25.9 Å². The number of carboxylic acid groups (broad SMARTS) is 1. The highest BCUT2D eigenvalue weighted by Gasteiger charge is 2.44. The Morgan fingerprint density at radius 1 is 0.593 bits per heavy atom. The lowest BCUT2D eigenvalue weighted by atomic mass is 9.97. The zero-order chi connectivity index (χ0) is 43.5. The molecule has 0 saturated carbocycles. The average Bonchev–Trinajstić information content (AvgIpc) is 3.24. The number of aliphatic hydroxyl groups is 1. The van der Waals surface area contributed by atoms with E-state index in [1.54, 1.807) is 0 Å². The number of hydrogen-bond acceptors (Lipinski definition) is 7. The van der Waals surface area contributed by atoms with Crippen molar-refractivity contribution in [2.24, 2.45) is 0 Å². The third kappa shape index (κ3) is 24.2. The first-order chi connectivity index (χ1) is 28.7. The Balaban J connectivity index is 3.04. The van der Waals surface area contributed by atoms with Crippen molar-refractivity contribution < 1.29 is 38.8 Å². The molecule has 0 radical (unpaired) electrons. The minimum absolute atomic E-state index is 0.0139. The summed E-state index contributed by atoms with van der Waals surface area (Å²) >= 11 is 0. The molecule has 0 spiro atoms. The van der Waals surface area contributed by atoms with Gasteiger partial charge in [0.05, 0.1) is 13.2 Å². The zero-order valence-corrected chi connectivity index (χ0v) is 39.2. The number of rotatable bonds is 38. The SMILES string of the molecule is CCCCCCCCCCCCCCC(CC)N(C(=O)O[C@@H]1CCCO[C@H]1N(C(=O)OC)C(CCC(O)CC)C(=O)O)C(CC)CCCCCCCCCCCCCC. The number of carbonyl (C=O) groups is 3. The van der Waals surface area contributed by atoms with Crippen LogP contribution < -0.4 is 0 Å². The van der Waals surface area contributed by atoms with Crippen molar-refractivity contribution in [1.82, 2.24) is 9.80 Å². The van der Waals surface area contributed by atoms with Crippen LogP contribution in [-0.2, 0) is 19.0 Å². The van der Waals surface area contributed by atoms with E-state index < -0.39 is 42.6 Å². The molecule has 2 amide bonds. The van der Waals surface area contributed by atoms with Gasteiger partial charge >= 0.3 is 18.2 Å². The Morgan fingerprint density at radius 2 is 1.02 bits per heavy atom. The molecular formula is C49H94N2O8. The highest BCUT2D eigenvalue weighted by atomic mass is 16.6. The van der Waals surface area contributed by atoms with Crippen molar-refractivity contribution >= 4 is 18.2 Å². The first-order valence-electron chi connectivity index (χ1n) is 25.1. The maximum Gasteiger partial charge on any atom is 0.412 e. The molecule has 0 aromatic heterocycles. The Bertz CT molecular complexity index is 994. The summed E-state index contributed by atoms with van der Waals surface area (Å²) in [5.74, 6) is -1.22. The molecule has 0 aromatic carbocycles. The summed E-state index contributed by atoms with van der Waals surface area (Å²) < 4.78 is 17.6. The van der Waals surface area contributed by atoms with Crippen molar-refractivity contribution in [3.05, 3.63) is 0 Å². The van der Waals surface area contributed by atoms with E-state index in [9.17, 15) is 24.6 Å². The van der Waals surface area contributed by atoms with E-state index in [0.717, 1.165) is 56.3 Å². The summed E-state index contributed by atoms with van der Waals surface area (Å²) in [5, 5.41) is 20.5. The Hall–Kier alpha value is -2.07.